The lowest BCUT2D eigenvalue weighted by atomic mass is 10.2. The first-order valence-corrected chi connectivity index (χ1v) is 5.12. The summed E-state index contributed by atoms with van der Waals surface area (Å²) >= 11 is 0. The van der Waals surface area contributed by atoms with Crippen molar-refractivity contribution >= 4 is 6.29 Å². The Morgan fingerprint density at radius 3 is 1.37 bits per heavy atom. The molecule has 19 heavy (non-hydrogen) atoms. The van der Waals surface area contributed by atoms with E-state index in [1.165, 1.54) is 18.2 Å². The molecule has 2 aromatic rings. The molecule has 0 unspecified atom stereocenters. The van der Waals surface area contributed by atoms with Gasteiger partial charge in [-0.15, -0.1) is 0 Å². The molecule has 0 bridgehead atoms. The van der Waals surface area contributed by atoms with Crippen LogP contribution in [0.4, 0.5) is 0 Å². The first-order valence-electron chi connectivity index (χ1n) is 5.12. The zero-order valence-corrected chi connectivity index (χ0v) is 9.69. The fourth-order valence-electron chi connectivity index (χ4n) is 1.24. The molecule has 0 aliphatic heterocycles. The SMILES string of the molecule is O=Cc1c(O)cccc1O.Oc1cc(O)cc(O)c1. The molecule has 0 saturated carbocycles. The minimum absolute atomic E-state index is 0.0671. The van der Waals surface area contributed by atoms with Gasteiger partial charge in [-0.05, 0) is 12.1 Å². The third kappa shape index (κ3) is 4.12. The second-order valence-electron chi connectivity index (χ2n) is 3.54. The number of rotatable bonds is 1. The molecular weight excluding hydrogens is 252 g/mol. The molecule has 2 aromatic carbocycles. The topological polar surface area (TPSA) is 118 Å². The maximum absolute atomic E-state index is 10.1. The highest BCUT2D eigenvalue weighted by atomic mass is 16.3. The molecule has 0 saturated heterocycles. The summed E-state index contributed by atoms with van der Waals surface area (Å²) in [4.78, 5) is 10.1. The fraction of sp³-hybridized carbons (Fsp3) is 0. The Bertz CT molecular complexity index is 509. The Morgan fingerprint density at radius 2 is 1.11 bits per heavy atom. The van der Waals surface area contributed by atoms with Gasteiger partial charge in [0.15, 0.2) is 6.29 Å². The van der Waals surface area contributed by atoms with Crippen LogP contribution in [0.15, 0.2) is 36.4 Å². The van der Waals surface area contributed by atoms with E-state index in [9.17, 15) is 4.79 Å². The number of aldehydes is 1. The molecule has 0 heterocycles. The van der Waals surface area contributed by atoms with Gasteiger partial charge in [0.25, 0.3) is 0 Å². The van der Waals surface area contributed by atoms with E-state index < -0.39 is 0 Å². The smallest absolute Gasteiger partial charge is 0.157 e. The summed E-state index contributed by atoms with van der Waals surface area (Å²) in [6.45, 7) is 0. The summed E-state index contributed by atoms with van der Waals surface area (Å²) < 4.78 is 0. The molecular formula is C13H12O6. The van der Waals surface area contributed by atoms with E-state index in [1.54, 1.807) is 0 Å². The van der Waals surface area contributed by atoms with Crippen molar-refractivity contribution in [2.24, 2.45) is 0 Å². The van der Waals surface area contributed by atoms with E-state index >= 15 is 0 Å². The Hall–Kier alpha value is -2.89. The van der Waals surface area contributed by atoms with E-state index in [-0.39, 0.29) is 34.3 Å². The van der Waals surface area contributed by atoms with E-state index in [0.717, 1.165) is 18.2 Å². The van der Waals surface area contributed by atoms with Gasteiger partial charge >= 0.3 is 0 Å². The van der Waals surface area contributed by atoms with E-state index in [1.807, 2.05) is 0 Å². The van der Waals surface area contributed by atoms with Crippen molar-refractivity contribution in [3.8, 4) is 28.7 Å². The number of hydrogen-bond acceptors (Lipinski definition) is 6. The normalized spacial score (nSPS) is 9.26. The molecule has 6 heteroatoms. The van der Waals surface area contributed by atoms with Crippen LogP contribution >= 0.6 is 0 Å². The Labute approximate surface area is 108 Å². The molecule has 0 aliphatic rings. The van der Waals surface area contributed by atoms with E-state index in [4.69, 9.17) is 25.5 Å². The number of carbonyl (C=O) groups excluding carboxylic acids is 1. The highest BCUT2D eigenvalue weighted by Gasteiger charge is 2.02. The predicted molar refractivity (Wildman–Crippen MR) is 66.6 cm³/mol. The van der Waals surface area contributed by atoms with E-state index in [0.29, 0.717) is 6.29 Å². The van der Waals surface area contributed by atoms with Crippen LogP contribution < -0.4 is 0 Å². The maximum atomic E-state index is 10.1. The summed E-state index contributed by atoms with van der Waals surface area (Å²) in [5, 5.41) is 43.8. The molecule has 100 valence electrons. The van der Waals surface area contributed by atoms with Gasteiger partial charge in [0.05, 0.1) is 5.56 Å². The van der Waals surface area contributed by atoms with Gasteiger partial charge in [-0.25, -0.2) is 0 Å². The third-order valence-corrected chi connectivity index (χ3v) is 2.07. The average molecular weight is 264 g/mol. The standard InChI is InChI=1S/C7H6O3.C6H6O3/c8-4-5-6(9)2-1-3-7(5)10;7-4-1-5(8)3-6(9)2-4/h1-4,9-10H;1-3,7-9H. The van der Waals surface area contributed by atoms with Gasteiger partial charge in [0.2, 0.25) is 0 Å². The number of benzene rings is 2. The van der Waals surface area contributed by atoms with Gasteiger partial charge in [-0.1, -0.05) is 6.07 Å². The van der Waals surface area contributed by atoms with Crippen LogP contribution in [0.3, 0.4) is 0 Å². The molecule has 0 amide bonds. The van der Waals surface area contributed by atoms with Crippen molar-refractivity contribution in [3.63, 3.8) is 0 Å². The summed E-state index contributed by atoms with van der Waals surface area (Å²) in [6, 6.07) is 7.55. The molecule has 0 aliphatic carbocycles. The Morgan fingerprint density at radius 1 is 0.737 bits per heavy atom. The molecule has 5 N–H and O–H groups in total. The molecule has 0 spiro atoms. The van der Waals surface area contributed by atoms with Gasteiger partial charge in [0.1, 0.15) is 28.7 Å². The lowest BCUT2D eigenvalue weighted by Gasteiger charge is -1.97. The average Bonchev–Trinajstić information content (AvgIpc) is 2.28. The van der Waals surface area contributed by atoms with E-state index in [2.05, 4.69) is 0 Å². The molecule has 0 atom stereocenters. The largest absolute Gasteiger partial charge is 0.508 e. The van der Waals surface area contributed by atoms with Crippen molar-refractivity contribution in [2.75, 3.05) is 0 Å². The van der Waals surface area contributed by atoms with Crippen molar-refractivity contribution in [1.82, 2.24) is 0 Å². The monoisotopic (exact) mass is 264 g/mol. The first-order chi connectivity index (χ1) is 8.93. The number of phenols is 5. The van der Waals surface area contributed by atoms with Crippen LogP contribution in [-0.2, 0) is 0 Å². The lowest BCUT2D eigenvalue weighted by molar-refractivity contribution is 0.111. The summed E-state index contributed by atoms with van der Waals surface area (Å²) in [6.07, 6.45) is 0.407. The predicted octanol–water partition coefficient (Wildman–Crippen LogP) is 1.71. The zero-order chi connectivity index (χ0) is 14.4. The molecule has 0 fully saturated rings. The van der Waals surface area contributed by atoms with Crippen molar-refractivity contribution in [1.29, 1.82) is 0 Å². The van der Waals surface area contributed by atoms with Gasteiger partial charge in [-0.2, -0.15) is 0 Å². The van der Waals surface area contributed by atoms with Crippen LogP contribution in [0, 0.1) is 0 Å². The number of aromatic hydroxyl groups is 5. The second-order valence-corrected chi connectivity index (χ2v) is 3.54. The van der Waals surface area contributed by atoms with Crippen LogP contribution in [0.2, 0.25) is 0 Å². The summed E-state index contributed by atoms with van der Waals surface area (Å²) in [5.74, 6) is -0.836. The first kappa shape index (κ1) is 14.2. The van der Waals surface area contributed by atoms with Crippen molar-refractivity contribution < 1.29 is 30.3 Å². The second kappa shape index (κ2) is 6.15. The number of hydrogen-bond donors (Lipinski definition) is 5. The lowest BCUT2D eigenvalue weighted by Crippen LogP contribution is -1.80. The summed E-state index contributed by atoms with van der Waals surface area (Å²) in [7, 11) is 0. The number of phenolic OH excluding ortho intramolecular Hbond substituents is 5. The summed E-state index contributed by atoms with van der Waals surface area (Å²) in [5.41, 5.74) is -0.0671. The molecule has 0 radical (unpaired) electrons. The Kier molecular flexibility index (Phi) is 4.59. The van der Waals surface area contributed by atoms with Crippen molar-refractivity contribution in [3.05, 3.63) is 42.0 Å². The minimum atomic E-state index is -0.199. The van der Waals surface area contributed by atoms with Gasteiger partial charge in [0, 0.05) is 18.2 Å². The zero-order valence-electron chi connectivity index (χ0n) is 9.69. The Balaban J connectivity index is 0.000000191. The molecule has 2 rings (SSSR count). The third-order valence-electron chi connectivity index (χ3n) is 2.07. The minimum Gasteiger partial charge on any atom is -0.508 e. The highest BCUT2D eigenvalue weighted by Crippen LogP contribution is 2.24. The van der Waals surface area contributed by atoms with Crippen LogP contribution in [0.1, 0.15) is 10.4 Å². The molecule has 6 nitrogen and oxygen atoms in total. The van der Waals surface area contributed by atoms with Crippen LogP contribution in [-0.4, -0.2) is 31.8 Å². The van der Waals surface area contributed by atoms with Gasteiger partial charge in [-0.3, -0.25) is 4.79 Å². The molecule has 0 aromatic heterocycles. The highest BCUT2D eigenvalue weighted by molar-refractivity contribution is 5.83. The fourth-order valence-corrected chi connectivity index (χ4v) is 1.24. The van der Waals surface area contributed by atoms with Crippen molar-refractivity contribution in [2.45, 2.75) is 0 Å². The quantitative estimate of drug-likeness (QED) is 0.500. The maximum Gasteiger partial charge on any atom is 0.157 e. The number of carbonyl (C=O) groups is 1. The van der Waals surface area contributed by atoms with Crippen LogP contribution in [0.25, 0.3) is 0 Å². The van der Waals surface area contributed by atoms with Gasteiger partial charge < -0.3 is 25.5 Å². The van der Waals surface area contributed by atoms with Crippen LogP contribution in [0.5, 0.6) is 28.7 Å².